The van der Waals surface area contributed by atoms with Crippen LogP contribution in [0.4, 0.5) is 11.4 Å². The minimum Gasteiger partial charge on any atom is -0.493 e. The number of ether oxygens (including phenoxy) is 3. The number of methoxy groups -OCH3 is 3. The van der Waals surface area contributed by atoms with Gasteiger partial charge in [-0.2, -0.15) is 0 Å². The second kappa shape index (κ2) is 9.47. The van der Waals surface area contributed by atoms with Gasteiger partial charge in [0, 0.05) is 23.5 Å². The molecular formula is C20H24N2O5. The Balaban J connectivity index is 2.00. The van der Waals surface area contributed by atoms with Gasteiger partial charge >= 0.3 is 0 Å². The molecule has 0 aliphatic carbocycles. The molecule has 2 aromatic carbocycles. The first-order valence-electron chi connectivity index (χ1n) is 8.49. The number of anilines is 2. The van der Waals surface area contributed by atoms with Crippen LogP contribution in [-0.2, 0) is 16.0 Å². The fourth-order valence-corrected chi connectivity index (χ4v) is 2.53. The van der Waals surface area contributed by atoms with Crippen molar-refractivity contribution in [3.8, 4) is 17.2 Å². The quantitative estimate of drug-likeness (QED) is 0.695. The standard InChI is InChI=1S/C20H24N2O5/c1-5-13-6-8-14(9-7-13)21-18(23)12-19(24)22-15-10-16(25-2)20(27-4)17(11-15)26-3/h6-11H,5,12H2,1-4H3,(H,21,23)(H,22,24). The van der Waals surface area contributed by atoms with E-state index in [-0.39, 0.29) is 6.42 Å². The van der Waals surface area contributed by atoms with Gasteiger partial charge in [0.1, 0.15) is 6.42 Å². The fraction of sp³-hybridized carbons (Fsp3) is 0.300. The Morgan fingerprint density at radius 2 is 1.33 bits per heavy atom. The van der Waals surface area contributed by atoms with Crippen molar-refractivity contribution in [3.63, 3.8) is 0 Å². The summed E-state index contributed by atoms with van der Waals surface area (Å²) in [6.45, 7) is 2.06. The molecular weight excluding hydrogens is 348 g/mol. The maximum atomic E-state index is 12.2. The van der Waals surface area contributed by atoms with Gasteiger partial charge in [0.05, 0.1) is 21.3 Å². The zero-order chi connectivity index (χ0) is 19.8. The minimum absolute atomic E-state index is 0.313. The number of hydrogen-bond donors (Lipinski definition) is 2. The minimum atomic E-state index is -0.452. The molecule has 0 heterocycles. The van der Waals surface area contributed by atoms with Crippen molar-refractivity contribution < 1.29 is 23.8 Å². The molecule has 7 heteroatoms. The molecule has 2 aromatic rings. The van der Waals surface area contributed by atoms with Crippen LogP contribution in [0.25, 0.3) is 0 Å². The van der Waals surface area contributed by atoms with Gasteiger partial charge in [-0.05, 0) is 24.1 Å². The molecule has 0 atom stereocenters. The third-order valence-corrected chi connectivity index (χ3v) is 3.92. The number of amides is 2. The van der Waals surface area contributed by atoms with Gasteiger partial charge in [-0.15, -0.1) is 0 Å². The highest BCUT2D eigenvalue weighted by Crippen LogP contribution is 2.39. The monoisotopic (exact) mass is 372 g/mol. The number of carbonyl (C=O) groups is 2. The maximum absolute atomic E-state index is 12.2. The summed E-state index contributed by atoms with van der Waals surface area (Å²) in [4.78, 5) is 24.3. The molecule has 0 radical (unpaired) electrons. The SMILES string of the molecule is CCc1ccc(NC(=O)CC(=O)Nc2cc(OC)c(OC)c(OC)c2)cc1. The molecule has 0 spiro atoms. The summed E-state index contributed by atoms with van der Waals surface area (Å²) >= 11 is 0. The highest BCUT2D eigenvalue weighted by molar-refractivity contribution is 6.08. The van der Waals surface area contributed by atoms with E-state index in [9.17, 15) is 9.59 Å². The fourth-order valence-electron chi connectivity index (χ4n) is 2.53. The average molecular weight is 372 g/mol. The van der Waals surface area contributed by atoms with Crippen molar-refractivity contribution in [3.05, 3.63) is 42.0 Å². The summed E-state index contributed by atoms with van der Waals surface area (Å²) < 4.78 is 15.7. The first-order valence-corrected chi connectivity index (χ1v) is 8.49. The van der Waals surface area contributed by atoms with E-state index in [2.05, 4.69) is 17.6 Å². The number of aryl methyl sites for hydroxylation is 1. The van der Waals surface area contributed by atoms with Crippen LogP contribution in [0.2, 0.25) is 0 Å². The van der Waals surface area contributed by atoms with E-state index in [1.54, 1.807) is 12.1 Å². The van der Waals surface area contributed by atoms with E-state index < -0.39 is 11.8 Å². The van der Waals surface area contributed by atoms with E-state index in [0.29, 0.717) is 28.6 Å². The van der Waals surface area contributed by atoms with Crippen LogP contribution in [0.15, 0.2) is 36.4 Å². The highest BCUT2D eigenvalue weighted by atomic mass is 16.5. The first kappa shape index (κ1) is 20.1. The Morgan fingerprint density at radius 3 is 1.78 bits per heavy atom. The van der Waals surface area contributed by atoms with Gasteiger partial charge in [0.15, 0.2) is 11.5 Å². The molecule has 0 saturated heterocycles. The molecule has 27 heavy (non-hydrogen) atoms. The topological polar surface area (TPSA) is 85.9 Å². The van der Waals surface area contributed by atoms with E-state index in [1.807, 2.05) is 24.3 Å². The largest absolute Gasteiger partial charge is 0.493 e. The van der Waals surface area contributed by atoms with Gasteiger partial charge in [0.25, 0.3) is 0 Å². The number of hydrogen-bond acceptors (Lipinski definition) is 5. The summed E-state index contributed by atoms with van der Waals surface area (Å²) in [5.74, 6) is 0.391. The summed E-state index contributed by atoms with van der Waals surface area (Å²) in [5, 5.41) is 5.37. The van der Waals surface area contributed by atoms with Gasteiger partial charge < -0.3 is 24.8 Å². The smallest absolute Gasteiger partial charge is 0.233 e. The third-order valence-electron chi connectivity index (χ3n) is 3.92. The second-order valence-corrected chi connectivity index (χ2v) is 5.74. The maximum Gasteiger partial charge on any atom is 0.233 e. The summed E-state index contributed by atoms with van der Waals surface area (Å²) in [7, 11) is 4.47. The van der Waals surface area contributed by atoms with Crippen LogP contribution in [0.5, 0.6) is 17.2 Å². The Morgan fingerprint density at radius 1 is 0.815 bits per heavy atom. The Bertz CT molecular complexity index is 778. The second-order valence-electron chi connectivity index (χ2n) is 5.74. The molecule has 0 aliphatic heterocycles. The van der Waals surface area contributed by atoms with Gasteiger partial charge in [-0.3, -0.25) is 9.59 Å². The Hall–Kier alpha value is -3.22. The van der Waals surface area contributed by atoms with Crippen molar-refractivity contribution in [1.82, 2.24) is 0 Å². The number of carbonyl (C=O) groups excluding carboxylic acids is 2. The average Bonchev–Trinajstić information content (AvgIpc) is 2.67. The number of rotatable bonds is 8. The lowest BCUT2D eigenvalue weighted by Gasteiger charge is -2.14. The molecule has 0 fully saturated rings. The normalized spacial score (nSPS) is 10.1. The predicted octanol–water partition coefficient (Wildman–Crippen LogP) is 3.24. The molecule has 0 unspecified atom stereocenters. The van der Waals surface area contributed by atoms with Crippen molar-refractivity contribution in [2.75, 3.05) is 32.0 Å². The summed E-state index contributed by atoms with van der Waals surface area (Å²) in [6, 6.07) is 10.7. The van der Waals surface area contributed by atoms with E-state index in [4.69, 9.17) is 14.2 Å². The van der Waals surface area contributed by atoms with Gasteiger partial charge in [0.2, 0.25) is 17.6 Å². The van der Waals surface area contributed by atoms with Gasteiger partial charge in [-0.25, -0.2) is 0 Å². The molecule has 2 amide bonds. The molecule has 2 N–H and O–H groups in total. The zero-order valence-electron chi connectivity index (χ0n) is 15.9. The Labute approximate surface area is 158 Å². The molecule has 0 aliphatic rings. The van der Waals surface area contributed by atoms with Crippen LogP contribution in [0.3, 0.4) is 0 Å². The van der Waals surface area contributed by atoms with Crippen LogP contribution in [0, 0.1) is 0 Å². The highest BCUT2D eigenvalue weighted by Gasteiger charge is 2.16. The summed E-state index contributed by atoms with van der Waals surface area (Å²) in [6.07, 6.45) is 0.609. The molecule has 0 aromatic heterocycles. The molecule has 2 rings (SSSR count). The van der Waals surface area contributed by atoms with Crippen molar-refractivity contribution in [1.29, 1.82) is 0 Å². The lowest BCUT2D eigenvalue weighted by molar-refractivity contribution is -0.123. The lowest BCUT2D eigenvalue weighted by atomic mass is 10.1. The van der Waals surface area contributed by atoms with Crippen LogP contribution < -0.4 is 24.8 Å². The van der Waals surface area contributed by atoms with Gasteiger partial charge in [-0.1, -0.05) is 19.1 Å². The zero-order valence-corrected chi connectivity index (χ0v) is 15.9. The third kappa shape index (κ3) is 5.37. The van der Waals surface area contributed by atoms with Crippen LogP contribution in [0.1, 0.15) is 18.9 Å². The van der Waals surface area contributed by atoms with Crippen LogP contribution >= 0.6 is 0 Å². The molecule has 7 nitrogen and oxygen atoms in total. The Kier molecular flexibility index (Phi) is 7.05. The van der Waals surface area contributed by atoms with Crippen molar-refractivity contribution in [2.45, 2.75) is 19.8 Å². The van der Waals surface area contributed by atoms with Crippen molar-refractivity contribution >= 4 is 23.2 Å². The van der Waals surface area contributed by atoms with Crippen molar-refractivity contribution in [2.24, 2.45) is 0 Å². The van der Waals surface area contributed by atoms with Crippen LogP contribution in [-0.4, -0.2) is 33.1 Å². The number of nitrogens with one attached hydrogen (secondary N) is 2. The summed E-state index contributed by atoms with van der Waals surface area (Å²) in [5.41, 5.74) is 2.26. The lowest BCUT2D eigenvalue weighted by Crippen LogP contribution is -2.21. The predicted molar refractivity (Wildman–Crippen MR) is 104 cm³/mol. The van der Waals surface area contributed by atoms with E-state index in [0.717, 1.165) is 6.42 Å². The van der Waals surface area contributed by atoms with E-state index >= 15 is 0 Å². The van der Waals surface area contributed by atoms with E-state index in [1.165, 1.54) is 26.9 Å². The number of benzene rings is 2. The molecule has 144 valence electrons. The first-order chi connectivity index (χ1) is 13.0. The molecule has 0 saturated carbocycles. The molecule has 0 bridgehead atoms.